The van der Waals surface area contributed by atoms with Crippen LogP contribution in [0, 0.1) is 0 Å². The molecule has 7 heteroatoms. The van der Waals surface area contributed by atoms with Crippen molar-refractivity contribution in [2.24, 2.45) is 0 Å². The number of aromatic nitrogens is 3. The molecule has 126 valence electrons. The predicted octanol–water partition coefficient (Wildman–Crippen LogP) is 2.61. The average molecular weight is 319 g/mol. The lowest BCUT2D eigenvalue weighted by Crippen LogP contribution is -2.38. The molecule has 0 radical (unpaired) electrons. The molecule has 7 nitrogen and oxygen atoms in total. The van der Waals surface area contributed by atoms with Gasteiger partial charge in [0.1, 0.15) is 5.60 Å². The summed E-state index contributed by atoms with van der Waals surface area (Å²) in [7, 11) is 0. The number of nitrogens with one attached hydrogen (secondary N) is 2. The van der Waals surface area contributed by atoms with E-state index in [-0.39, 0.29) is 18.2 Å². The maximum Gasteiger partial charge on any atom is 0.407 e. The number of rotatable bonds is 4. The van der Waals surface area contributed by atoms with Gasteiger partial charge in [-0.3, -0.25) is 0 Å². The van der Waals surface area contributed by atoms with Gasteiger partial charge in [0, 0.05) is 18.0 Å². The second kappa shape index (κ2) is 6.29. The molecule has 3 rings (SSSR count). The highest BCUT2D eigenvalue weighted by Crippen LogP contribution is 2.38. The van der Waals surface area contributed by atoms with Crippen LogP contribution < -0.4 is 10.6 Å². The molecule has 1 heterocycles. The van der Waals surface area contributed by atoms with E-state index in [2.05, 4.69) is 25.8 Å². The molecule has 0 spiro atoms. The first-order valence-electron chi connectivity index (χ1n) is 8.35. The highest BCUT2D eigenvalue weighted by Gasteiger charge is 2.29. The molecule has 0 bridgehead atoms. The molecule has 1 aromatic heterocycles. The summed E-state index contributed by atoms with van der Waals surface area (Å²) in [6.07, 6.45) is 6.59. The lowest BCUT2D eigenvalue weighted by Gasteiger charge is -2.21. The van der Waals surface area contributed by atoms with Crippen LogP contribution in [0.5, 0.6) is 0 Å². The smallest absolute Gasteiger partial charge is 0.407 e. The Balaban J connectivity index is 1.45. The minimum atomic E-state index is -0.469. The normalized spacial score (nSPS) is 24.3. The average Bonchev–Trinajstić information content (AvgIpc) is 3.20. The van der Waals surface area contributed by atoms with Gasteiger partial charge >= 0.3 is 6.09 Å². The Bertz CT molecular complexity index is 551. The number of ether oxygens (including phenoxy) is 1. The molecule has 23 heavy (non-hydrogen) atoms. The van der Waals surface area contributed by atoms with Crippen molar-refractivity contribution >= 4 is 12.0 Å². The van der Waals surface area contributed by atoms with Gasteiger partial charge in [-0.2, -0.15) is 0 Å². The fourth-order valence-electron chi connectivity index (χ4n) is 2.82. The van der Waals surface area contributed by atoms with Crippen molar-refractivity contribution in [1.29, 1.82) is 0 Å². The molecule has 0 saturated heterocycles. The fraction of sp³-hybridized carbons (Fsp3) is 0.750. The summed E-state index contributed by atoms with van der Waals surface area (Å²) in [6, 6.07) is 0.379. The topological polar surface area (TPSA) is 89.0 Å². The van der Waals surface area contributed by atoms with E-state index in [0.717, 1.165) is 25.0 Å². The Hall–Kier alpha value is -1.92. The third-order valence-corrected chi connectivity index (χ3v) is 4.06. The number of alkyl carbamates (subject to hydrolysis) is 1. The van der Waals surface area contributed by atoms with Crippen molar-refractivity contribution in [3.05, 3.63) is 11.9 Å². The summed E-state index contributed by atoms with van der Waals surface area (Å²) in [6.45, 7) is 5.59. The van der Waals surface area contributed by atoms with Crippen molar-refractivity contribution in [2.45, 2.75) is 76.5 Å². The number of carbonyl (C=O) groups is 1. The Morgan fingerprint density at radius 3 is 2.52 bits per heavy atom. The number of hydrogen-bond donors (Lipinski definition) is 2. The highest BCUT2D eigenvalue weighted by molar-refractivity contribution is 5.68. The van der Waals surface area contributed by atoms with E-state index in [0.29, 0.717) is 11.9 Å². The van der Waals surface area contributed by atoms with Gasteiger partial charge in [-0.05, 0) is 52.9 Å². The zero-order valence-electron chi connectivity index (χ0n) is 14.0. The van der Waals surface area contributed by atoms with Crippen LogP contribution in [0.25, 0.3) is 0 Å². The van der Waals surface area contributed by atoms with E-state index in [1.807, 2.05) is 27.0 Å². The first kappa shape index (κ1) is 16.0. The number of carbonyl (C=O) groups excluding carboxylic acids is 1. The molecule has 0 unspecified atom stereocenters. The molecule has 2 atom stereocenters. The van der Waals surface area contributed by atoms with Crippen molar-refractivity contribution in [1.82, 2.24) is 20.5 Å². The summed E-state index contributed by atoms with van der Waals surface area (Å²) in [5.74, 6) is 1.13. The summed E-state index contributed by atoms with van der Waals surface area (Å²) in [5.41, 5.74) is 0.523. The van der Waals surface area contributed by atoms with Crippen molar-refractivity contribution in [2.75, 3.05) is 5.32 Å². The largest absolute Gasteiger partial charge is 0.444 e. The molecule has 1 aromatic rings. The molecule has 2 aliphatic rings. The van der Waals surface area contributed by atoms with Gasteiger partial charge in [0.05, 0.1) is 11.9 Å². The van der Waals surface area contributed by atoms with Crippen molar-refractivity contribution in [3.63, 3.8) is 0 Å². The minimum Gasteiger partial charge on any atom is -0.444 e. The van der Waals surface area contributed by atoms with Crippen LogP contribution in [0.15, 0.2) is 6.20 Å². The van der Waals surface area contributed by atoms with Crippen LogP contribution in [-0.2, 0) is 4.74 Å². The highest BCUT2D eigenvalue weighted by atomic mass is 16.6. The van der Waals surface area contributed by atoms with Gasteiger partial charge in [-0.15, -0.1) is 10.2 Å². The number of nitrogens with zero attached hydrogens (tertiary/aromatic N) is 3. The molecule has 2 aliphatic carbocycles. The van der Waals surface area contributed by atoms with E-state index in [1.165, 1.54) is 12.8 Å². The van der Waals surface area contributed by atoms with Crippen LogP contribution in [0.4, 0.5) is 10.7 Å². The maximum absolute atomic E-state index is 11.8. The van der Waals surface area contributed by atoms with Crippen molar-refractivity contribution < 1.29 is 9.53 Å². The van der Waals surface area contributed by atoms with Crippen LogP contribution in [-0.4, -0.2) is 39.0 Å². The van der Waals surface area contributed by atoms with Gasteiger partial charge in [0.25, 0.3) is 0 Å². The van der Waals surface area contributed by atoms with Crippen LogP contribution in [0.2, 0.25) is 0 Å². The molecular weight excluding hydrogens is 294 g/mol. The Kier molecular flexibility index (Phi) is 4.37. The standard InChI is InChI=1S/C16H25N5O2/c1-16(2,3)23-15(22)19-12-7-6-11(8-12)18-14-17-9-13(20-21-14)10-4-5-10/h9-12H,4-8H2,1-3H3,(H,19,22)(H,17,18,21)/t11-,12-/m0/s1. The summed E-state index contributed by atoms with van der Waals surface area (Å²) < 4.78 is 5.29. The third kappa shape index (κ3) is 4.77. The molecule has 1 amide bonds. The molecule has 0 aromatic carbocycles. The zero-order chi connectivity index (χ0) is 16.4. The Labute approximate surface area is 136 Å². The summed E-state index contributed by atoms with van der Waals surface area (Å²) >= 11 is 0. The monoisotopic (exact) mass is 319 g/mol. The first-order chi connectivity index (χ1) is 10.9. The third-order valence-electron chi connectivity index (χ3n) is 4.06. The van der Waals surface area contributed by atoms with E-state index in [1.54, 1.807) is 0 Å². The maximum atomic E-state index is 11.8. The molecule has 2 fully saturated rings. The van der Waals surface area contributed by atoms with Crippen LogP contribution in [0.1, 0.15) is 64.5 Å². The van der Waals surface area contributed by atoms with Gasteiger partial charge in [-0.1, -0.05) is 0 Å². The van der Waals surface area contributed by atoms with Gasteiger partial charge in [-0.25, -0.2) is 9.78 Å². The minimum absolute atomic E-state index is 0.126. The van der Waals surface area contributed by atoms with E-state index in [4.69, 9.17) is 4.74 Å². The Morgan fingerprint density at radius 2 is 1.91 bits per heavy atom. The predicted molar refractivity (Wildman–Crippen MR) is 86.2 cm³/mol. The number of hydrogen-bond acceptors (Lipinski definition) is 6. The van der Waals surface area contributed by atoms with E-state index >= 15 is 0 Å². The van der Waals surface area contributed by atoms with Gasteiger partial charge in [0.15, 0.2) is 0 Å². The summed E-state index contributed by atoms with van der Waals surface area (Å²) in [5, 5.41) is 14.6. The number of anilines is 1. The van der Waals surface area contributed by atoms with E-state index < -0.39 is 5.60 Å². The van der Waals surface area contributed by atoms with Crippen LogP contribution in [0.3, 0.4) is 0 Å². The van der Waals surface area contributed by atoms with E-state index in [9.17, 15) is 4.79 Å². The summed E-state index contributed by atoms with van der Waals surface area (Å²) in [4.78, 5) is 16.1. The lowest BCUT2D eigenvalue weighted by atomic mass is 10.2. The molecule has 2 N–H and O–H groups in total. The molecule has 0 aliphatic heterocycles. The number of amides is 1. The second-order valence-electron chi connectivity index (χ2n) is 7.48. The van der Waals surface area contributed by atoms with Gasteiger partial charge in [0.2, 0.25) is 5.95 Å². The van der Waals surface area contributed by atoms with Gasteiger partial charge < -0.3 is 15.4 Å². The Morgan fingerprint density at radius 1 is 1.17 bits per heavy atom. The van der Waals surface area contributed by atoms with Crippen LogP contribution >= 0.6 is 0 Å². The fourth-order valence-corrected chi connectivity index (χ4v) is 2.82. The second-order valence-corrected chi connectivity index (χ2v) is 7.48. The molecule has 2 saturated carbocycles. The van der Waals surface area contributed by atoms with Crippen molar-refractivity contribution in [3.8, 4) is 0 Å². The molecular formula is C16H25N5O2. The quantitative estimate of drug-likeness (QED) is 0.887. The first-order valence-corrected chi connectivity index (χ1v) is 8.35. The zero-order valence-corrected chi connectivity index (χ0v) is 14.0. The lowest BCUT2D eigenvalue weighted by molar-refractivity contribution is 0.0505. The SMILES string of the molecule is CC(C)(C)OC(=O)N[C@H]1CC[C@H](Nc2ncc(C3CC3)nn2)C1.